The first-order valence-electron chi connectivity index (χ1n) is 13.7. The van der Waals surface area contributed by atoms with Gasteiger partial charge in [0.05, 0.1) is 35.2 Å². The molecule has 0 aliphatic carbocycles. The number of rotatable bonds is 9. The van der Waals surface area contributed by atoms with Crippen LogP contribution < -0.4 is 16.1 Å². The Kier molecular flexibility index (Phi) is 8.62. The van der Waals surface area contributed by atoms with Gasteiger partial charge in [-0.15, -0.1) is 0 Å². The molecule has 0 bridgehead atoms. The van der Waals surface area contributed by atoms with Crippen molar-refractivity contribution in [3.05, 3.63) is 94.5 Å². The summed E-state index contributed by atoms with van der Waals surface area (Å²) >= 11 is 0. The summed E-state index contributed by atoms with van der Waals surface area (Å²) in [5, 5.41) is 24.7. The number of carboxylic acids is 1. The van der Waals surface area contributed by atoms with Crippen molar-refractivity contribution in [3.8, 4) is 6.07 Å². The number of piperidine rings is 1. The van der Waals surface area contributed by atoms with Gasteiger partial charge in [-0.1, -0.05) is 30.3 Å². The number of nitrogens with one attached hydrogen (secondary N) is 3. The van der Waals surface area contributed by atoms with Crippen LogP contribution in [0.2, 0.25) is 0 Å². The van der Waals surface area contributed by atoms with Crippen LogP contribution >= 0.6 is 0 Å². The molecule has 0 atom stereocenters. The number of aromatic carboxylic acids is 1. The lowest BCUT2D eigenvalue weighted by Gasteiger charge is -2.28. The Labute approximate surface area is 243 Å². The first kappa shape index (κ1) is 28.5. The normalized spacial score (nSPS) is 16.2. The Morgan fingerprint density at radius 3 is 2.45 bits per heavy atom. The second-order valence-corrected chi connectivity index (χ2v) is 10.3. The topological polar surface area (TPSA) is 144 Å². The standard InChI is InChI=1S/C32H31N5O5/c1-20-17-26-27(18-25(20)32(40)41)35-31(39)28(26)29(22-5-3-2-4-6-22)34-24-9-7-23(8-10-24)30(38)36-42-16-15-37-13-11-21(19-33)12-14-37/h2-10,17-18,21,34H,11-16H2,1H3,(H,35,39)(H,36,38)(H,40,41). The molecule has 0 saturated carbocycles. The van der Waals surface area contributed by atoms with Gasteiger partial charge in [0, 0.05) is 29.3 Å². The van der Waals surface area contributed by atoms with Crippen molar-refractivity contribution in [2.24, 2.45) is 5.92 Å². The van der Waals surface area contributed by atoms with E-state index in [1.54, 1.807) is 37.3 Å². The highest BCUT2D eigenvalue weighted by Crippen LogP contribution is 2.39. The largest absolute Gasteiger partial charge is 0.478 e. The van der Waals surface area contributed by atoms with Gasteiger partial charge in [0.1, 0.15) is 0 Å². The highest BCUT2D eigenvalue weighted by Gasteiger charge is 2.30. The number of hydrogen-bond donors (Lipinski definition) is 4. The summed E-state index contributed by atoms with van der Waals surface area (Å²) in [6.45, 7) is 4.41. The summed E-state index contributed by atoms with van der Waals surface area (Å²) in [6, 6.07) is 21.7. The van der Waals surface area contributed by atoms with Gasteiger partial charge in [0.25, 0.3) is 11.8 Å². The summed E-state index contributed by atoms with van der Waals surface area (Å²) < 4.78 is 0. The quantitative estimate of drug-likeness (QED) is 0.168. The number of hydroxylamine groups is 1. The minimum Gasteiger partial charge on any atom is -0.478 e. The Morgan fingerprint density at radius 2 is 1.79 bits per heavy atom. The third-order valence-electron chi connectivity index (χ3n) is 7.51. The van der Waals surface area contributed by atoms with Gasteiger partial charge < -0.3 is 20.6 Å². The van der Waals surface area contributed by atoms with Gasteiger partial charge in [0.2, 0.25) is 0 Å². The van der Waals surface area contributed by atoms with E-state index in [1.165, 1.54) is 6.07 Å². The van der Waals surface area contributed by atoms with E-state index in [1.807, 2.05) is 30.3 Å². The van der Waals surface area contributed by atoms with Crippen LogP contribution in [-0.4, -0.2) is 54.0 Å². The van der Waals surface area contributed by atoms with Crippen LogP contribution in [0.1, 0.15) is 50.2 Å². The van der Waals surface area contributed by atoms with E-state index in [4.69, 9.17) is 10.1 Å². The third-order valence-corrected chi connectivity index (χ3v) is 7.51. The fraction of sp³-hybridized carbons (Fsp3) is 0.250. The van der Waals surface area contributed by atoms with Crippen LogP contribution in [0.4, 0.5) is 11.4 Å². The average molecular weight is 566 g/mol. The van der Waals surface area contributed by atoms with Gasteiger partial charge in [-0.2, -0.15) is 5.26 Å². The first-order valence-corrected chi connectivity index (χ1v) is 13.7. The van der Waals surface area contributed by atoms with Crippen LogP contribution in [0.25, 0.3) is 11.3 Å². The smallest absolute Gasteiger partial charge is 0.336 e. The summed E-state index contributed by atoms with van der Waals surface area (Å²) in [6.07, 6.45) is 1.71. The Balaban J connectivity index is 1.29. The van der Waals surface area contributed by atoms with Crippen molar-refractivity contribution < 1.29 is 24.3 Å². The zero-order chi connectivity index (χ0) is 29.6. The molecule has 3 aromatic rings. The molecule has 3 aromatic carbocycles. The molecule has 4 N–H and O–H groups in total. The number of amides is 2. The number of carboxylic acid groups (broad SMARTS) is 1. The monoisotopic (exact) mass is 565 g/mol. The van der Waals surface area contributed by atoms with Gasteiger partial charge >= 0.3 is 5.97 Å². The second-order valence-electron chi connectivity index (χ2n) is 10.3. The number of nitriles is 1. The van der Waals surface area contributed by atoms with Crippen LogP contribution in [0.3, 0.4) is 0 Å². The maximum Gasteiger partial charge on any atom is 0.336 e. The number of likely N-dealkylation sites (tertiary alicyclic amines) is 1. The molecular weight excluding hydrogens is 534 g/mol. The molecule has 10 nitrogen and oxygen atoms in total. The zero-order valence-corrected chi connectivity index (χ0v) is 23.1. The Hall–Kier alpha value is -4.98. The predicted molar refractivity (Wildman–Crippen MR) is 158 cm³/mol. The molecule has 0 aromatic heterocycles. The molecular formula is C32H31N5O5. The molecule has 2 heterocycles. The number of aryl methyl sites for hydroxylation is 1. The summed E-state index contributed by atoms with van der Waals surface area (Å²) in [7, 11) is 0. The number of hydrogen-bond acceptors (Lipinski definition) is 7. The summed E-state index contributed by atoms with van der Waals surface area (Å²) in [4.78, 5) is 45.0. The zero-order valence-electron chi connectivity index (χ0n) is 23.1. The number of carbonyl (C=O) groups is 3. The Bertz CT molecular complexity index is 1570. The molecule has 1 fully saturated rings. The number of nitrogens with zero attached hydrogens (tertiary/aromatic N) is 2. The second kappa shape index (κ2) is 12.7. The lowest BCUT2D eigenvalue weighted by Crippen LogP contribution is -2.37. The molecule has 42 heavy (non-hydrogen) atoms. The molecule has 1 saturated heterocycles. The summed E-state index contributed by atoms with van der Waals surface area (Å²) in [5.74, 6) is -1.66. The molecule has 10 heteroatoms. The summed E-state index contributed by atoms with van der Waals surface area (Å²) in [5.41, 5.74) is 6.97. The number of carbonyl (C=O) groups excluding carboxylic acids is 2. The van der Waals surface area contributed by atoms with Crippen molar-refractivity contribution in [1.29, 1.82) is 5.26 Å². The van der Waals surface area contributed by atoms with Gasteiger partial charge in [0.15, 0.2) is 0 Å². The van der Waals surface area contributed by atoms with Crippen LogP contribution in [0, 0.1) is 24.2 Å². The minimum absolute atomic E-state index is 0.127. The Morgan fingerprint density at radius 1 is 1.07 bits per heavy atom. The van der Waals surface area contributed by atoms with Crippen molar-refractivity contribution in [1.82, 2.24) is 10.4 Å². The third kappa shape index (κ3) is 6.33. The maximum absolute atomic E-state index is 13.2. The lowest BCUT2D eigenvalue weighted by atomic mass is 9.96. The van der Waals surface area contributed by atoms with Gasteiger partial charge in [-0.25, -0.2) is 10.3 Å². The van der Waals surface area contributed by atoms with Crippen molar-refractivity contribution >= 4 is 40.4 Å². The lowest BCUT2D eigenvalue weighted by molar-refractivity contribution is -0.110. The molecule has 2 aliphatic rings. The highest BCUT2D eigenvalue weighted by atomic mass is 16.7. The molecule has 0 radical (unpaired) electrons. The van der Waals surface area contributed by atoms with E-state index in [0.717, 1.165) is 31.5 Å². The van der Waals surface area contributed by atoms with Crippen molar-refractivity contribution in [3.63, 3.8) is 0 Å². The average Bonchev–Trinajstić information content (AvgIpc) is 3.32. The SMILES string of the molecule is Cc1cc2c(cc1C(=O)O)NC(=O)C2=C(Nc1ccc(C(=O)NOCCN2CCC(C#N)CC2)cc1)c1ccccc1. The molecule has 5 rings (SSSR count). The number of benzene rings is 3. The van der Waals surface area contributed by atoms with Crippen molar-refractivity contribution in [2.45, 2.75) is 19.8 Å². The number of fused-ring (bicyclic) bond motifs is 1. The van der Waals surface area contributed by atoms with Crippen LogP contribution in [-0.2, 0) is 9.63 Å². The molecule has 2 aliphatic heterocycles. The first-order chi connectivity index (χ1) is 20.3. The highest BCUT2D eigenvalue weighted by molar-refractivity contribution is 6.37. The van der Waals surface area contributed by atoms with Crippen LogP contribution in [0.5, 0.6) is 0 Å². The van der Waals surface area contributed by atoms with E-state index in [2.05, 4.69) is 27.1 Å². The minimum atomic E-state index is -1.06. The van der Waals surface area contributed by atoms with Crippen LogP contribution in [0.15, 0.2) is 66.7 Å². The molecule has 0 unspecified atom stereocenters. The van der Waals surface area contributed by atoms with Gasteiger partial charge in [-0.05, 0) is 80.4 Å². The maximum atomic E-state index is 13.2. The number of anilines is 2. The van der Waals surface area contributed by atoms with E-state index < -0.39 is 5.97 Å². The van der Waals surface area contributed by atoms with Gasteiger partial charge in [-0.3, -0.25) is 14.4 Å². The fourth-order valence-corrected chi connectivity index (χ4v) is 5.17. The van der Waals surface area contributed by atoms with E-state index in [0.29, 0.717) is 52.5 Å². The van der Waals surface area contributed by atoms with E-state index in [9.17, 15) is 19.5 Å². The van der Waals surface area contributed by atoms with Crippen molar-refractivity contribution in [2.75, 3.05) is 36.9 Å². The predicted octanol–water partition coefficient (Wildman–Crippen LogP) is 4.52. The molecule has 214 valence electrons. The molecule has 0 spiro atoms. The fourth-order valence-electron chi connectivity index (χ4n) is 5.17. The molecule has 2 amide bonds. The van der Waals surface area contributed by atoms with E-state index >= 15 is 0 Å². The van der Waals surface area contributed by atoms with E-state index in [-0.39, 0.29) is 23.3 Å².